The standard InChI is InChI=1S/C20H30INO4.C16H24INO4.C16H26INO2.C16H25NO5.C16H23NO5.CH4/c1-14(22-2)10-15-6-7-18-19(13-21,25-15)11-16(24-18)17-12-23-20(26-17)8-4-3-5-9-20;1-11(18-2)8-12-4-6-14-16(10-17,22-12)9-13(21-14)5-7-15(19)20-3;1-4-5-6-14-10-16(11-17)15(19-14)8-7-13(20-16)9-12(2)18-3;2*1-11(17-2)8-12-4-6-14-16(10-18,22-12)9-13(21-14)5-7-15(19)20-3;/h14-18H,3-13H2,1H3;11-14H,4-10H2,1,3H3;12-15H,4-11H2,1-2H3;11-14,18H,4-10H2,1,3H3;5,7,11-14,18H,4,6,8-10H2,1,3H3;1H4/b;;;;7-5+;/t14-,15?,16-,17-,18+,19-;11-,12?,13+,14+,16-;12-,13?,14+,15+,16-;2*11-,12?,13+,14+,16-;/m11111./s1. The zero-order chi connectivity index (χ0) is 81.3. The van der Waals surface area contributed by atoms with Crippen molar-refractivity contribution in [1.82, 2.24) is 0 Å². The summed E-state index contributed by atoms with van der Waals surface area (Å²) in [5.74, 6) is -1.21. The number of carbonyl (C=O) groups excluding carboxylic acids is 3. The van der Waals surface area contributed by atoms with E-state index >= 15 is 0 Å². The number of rotatable bonds is 27. The van der Waals surface area contributed by atoms with Gasteiger partial charge in [0.25, 0.3) is 0 Å². The fourth-order valence-electron chi connectivity index (χ4n) is 18.7. The van der Waals surface area contributed by atoms with E-state index in [1.165, 1.54) is 59.5 Å². The number of esters is 3. The molecule has 26 atom stereocenters. The molecule has 0 radical (unpaired) electrons. The van der Waals surface area contributed by atoms with Crippen LogP contribution >= 0.6 is 67.8 Å². The summed E-state index contributed by atoms with van der Waals surface area (Å²) in [4.78, 5) is 51.6. The summed E-state index contributed by atoms with van der Waals surface area (Å²) in [5.41, 5.74) is -1.95. The van der Waals surface area contributed by atoms with Crippen molar-refractivity contribution in [2.75, 3.05) is 54.4 Å². The number of halogens is 3. The number of unbranched alkanes of at least 4 members (excludes halogenated alkanes) is 1. The molecule has 0 aromatic carbocycles. The molecule has 638 valence electrons. The fraction of sp³-hybridized carbons (Fsp3) is 0.882. The maximum Gasteiger partial charge on any atom is 0.330 e. The van der Waals surface area contributed by atoms with Crippen LogP contribution in [0.1, 0.15) is 254 Å². The number of hydrogen-bond acceptors (Lipinski definition) is 20. The number of alkyl halides is 3. The van der Waals surface area contributed by atoms with Gasteiger partial charge >= 0.3 is 17.9 Å². The van der Waals surface area contributed by atoms with E-state index in [2.05, 4.69) is 108 Å². The van der Waals surface area contributed by atoms with E-state index in [0.29, 0.717) is 64.1 Å². The lowest BCUT2D eigenvalue weighted by molar-refractivity contribution is -0.199. The van der Waals surface area contributed by atoms with Crippen molar-refractivity contribution in [1.29, 1.82) is 0 Å². The van der Waals surface area contributed by atoms with E-state index in [9.17, 15) is 24.6 Å². The summed E-state index contributed by atoms with van der Waals surface area (Å²) in [5, 5.41) is 19.7. The largest absolute Gasteiger partial charge is 0.469 e. The van der Waals surface area contributed by atoms with Crippen LogP contribution in [-0.2, 0) is 85.4 Å². The van der Waals surface area contributed by atoms with E-state index in [-0.39, 0.29) is 177 Å². The van der Waals surface area contributed by atoms with Gasteiger partial charge in [0.2, 0.25) is 30.2 Å². The van der Waals surface area contributed by atoms with Gasteiger partial charge in [0.15, 0.2) is 5.79 Å². The van der Waals surface area contributed by atoms with Crippen molar-refractivity contribution in [2.24, 2.45) is 0 Å². The van der Waals surface area contributed by atoms with E-state index < -0.39 is 17.2 Å². The Balaban J connectivity index is 0.000000196. The Bertz CT molecular complexity index is 3120. The van der Waals surface area contributed by atoms with Crippen LogP contribution in [0, 0.1) is 32.9 Å². The molecule has 28 heteroatoms. The van der Waals surface area contributed by atoms with Crippen LogP contribution in [0.3, 0.4) is 0 Å². The van der Waals surface area contributed by atoms with Crippen molar-refractivity contribution >= 4 is 85.7 Å². The van der Waals surface area contributed by atoms with Gasteiger partial charge in [-0.15, -0.1) is 0 Å². The lowest BCUT2D eigenvalue weighted by atomic mass is 9.85. The lowest BCUT2D eigenvalue weighted by Gasteiger charge is -2.41. The molecule has 113 heavy (non-hydrogen) atoms. The average Bonchev–Trinajstić information content (AvgIpc) is 1.63. The molecule has 0 aromatic heterocycles. The smallest absolute Gasteiger partial charge is 0.330 e. The van der Waals surface area contributed by atoms with Crippen molar-refractivity contribution in [2.45, 2.75) is 416 Å². The molecule has 0 aromatic rings. The van der Waals surface area contributed by atoms with Gasteiger partial charge in [-0.05, 0) is 102 Å². The van der Waals surface area contributed by atoms with Crippen LogP contribution < -0.4 is 0 Å². The predicted molar refractivity (Wildman–Crippen MR) is 451 cm³/mol. The Hall–Kier alpha value is -2.77. The van der Waals surface area contributed by atoms with Crippen molar-refractivity contribution in [3.8, 4) is 0 Å². The Kier molecular flexibility index (Phi) is 40.4. The number of ether oxygens (including phenoxy) is 15. The maximum absolute atomic E-state index is 11.3. The second-order valence-corrected chi connectivity index (χ2v) is 35.8. The number of nitrogens with zero attached hydrogens (tertiary/aromatic N) is 5. The number of carbonyl (C=O) groups is 3. The molecule has 1 spiro atoms. The van der Waals surface area contributed by atoms with Crippen LogP contribution in [0.5, 0.6) is 0 Å². The number of methoxy groups -OCH3 is 3. The first-order valence-electron chi connectivity index (χ1n) is 41.4. The topological polar surface area (TPSA) is 252 Å². The predicted octanol–water partition coefficient (Wildman–Crippen LogP) is 15.6. The highest BCUT2D eigenvalue weighted by Gasteiger charge is 2.59. The first kappa shape index (κ1) is 97.4. The summed E-state index contributed by atoms with van der Waals surface area (Å²) < 4.78 is 91.7. The van der Waals surface area contributed by atoms with Gasteiger partial charge in [0, 0.05) is 144 Å². The maximum atomic E-state index is 11.3. The molecule has 1 aliphatic carbocycles. The molecule has 0 amide bonds. The molecule has 12 aliphatic rings. The Labute approximate surface area is 715 Å². The Morgan fingerprint density at radius 1 is 0.451 bits per heavy atom. The monoisotopic (exact) mass is 1920 g/mol. The minimum Gasteiger partial charge on any atom is -0.469 e. The van der Waals surface area contributed by atoms with E-state index in [0.717, 1.165) is 135 Å². The van der Waals surface area contributed by atoms with Gasteiger partial charge in [-0.3, -0.25) is 9.59 Å². The molecule has 2 N–H and O–H groups in total. The number of aliphatic hydroxyl groups excluding tert-OH is 2. The highest BCUT2D eigenvalue weighted by molar-refractivity contribution is 14.1. The SMILES string of the molecule is C.[C-]#[N+][C@H](C)CC1CC[C@@H]2O[C@@H](/C=C/C(=O)OC)C[C@]2(CO)O1.[C-]#[N+][C@H](C)CC1CC[C@@H]2O[C@@H](CCC(=O)OC)C[C@]2(CI)O1.[C-]#[N+][C@H](C)CC1CC[C@@H]2O[C@@H](CCC(=O)OC)C[C@]2(CO)O1.[C-]#[N+][C@H](C)CC1CC[C@@H]2O[C@@H](CCCC)C[C@]2(CI)O1.[C-]#[N+][C@H](C)CC1CC[C@@H]2O[C@@H]([C@H]3COC4(CCCCC4)O3)C[C@]2(CI)O1. The molecule has 11 aliphatic heterocycles. The molecule has 0 bridgehead atoms. The second-order valence-electron chi connectivity index (χ2n) is 33.5. The molecule has 12 fully saturated rings. The lowest BCUT2D eigenvalue weighted by Crippen LogP contribution is -2.51. The van der Waals surface area contributed by atoms with Gasteiger partial charge in [-0.1, -0.05) is 101 Å². The van der Waals surface area contributed by atoms with Gasteiger partial charge < -0.3 is 105 Å². The van der Waals surface area contributed by atoms with Crippen LogP contribution in [-0.4, -0.2) is 244 Å². The highest BCUT2D eigenvalue weighted by atomic mass is 127. The van der Waals surface area contributed by atoms with Crippen molar-refractivity contribution in [3.63, 3.8) is 0 Å². The fourth-order valence-corrected chi connectivity index (χ4v) is 21.7. The Morgan fingerprint density at radius 3 is 1.18 bits per heavy atom. The molecular formula is C85H132I3N5O20. The Morgan fingerprint density at radius 2 is 0.805 bits per heavy atom. The third kappa shape index (κ3) is 26.6. The highest BCUT2D eigenvalue weighted by Crippen LogP contribution is 2.51. The minimum atomic E-state index is -0.726. The molecule has 12 rings (SSSR count). The van der Waals surface area contributed by atoms with E-state index in [1.54, 1.807) is 6.08 Å². The third-order valence-corrected chi connectivity index (χ3v) is 28.7. The molecule has 5 unspecified atom stereocenters. The number of hydrogen-bond donors (Lipinski definition) is 2. The molecule has 1 saturated carbocycles. The van der Waals surface area contributed by atoms with Crippen LogP contribution in [0.15, 0.2) is 12.2 Å². The zero-order valence-electron chi connectivity index (χ0n) is 67.8. The summed E-state index contributed by atoms with van der Waals surface area (Å²) >= 11 is 7.26. The van der Waals surface area contributed by atoms with Gasteiger partial charge in [-0.2, -0.15) is 0 Å². The number of fused-ring (bicyclic) bond motifs is 5. The summed E-state index contributed by atoms with van der Waals surface area (Å²) in [6, 6.07) is -0.0608. The molecule has 11 saturated heterocycles. The van der Waals surface area contributed by atoms with Crippen LogP contribution in [0.4, 0.5) is 0 Å². The summed E-state index contributed by atoms with van der Waals surface area (Å²) in [6.45, 7) is 47.9. The quantitative estimate of drug-likeness (QED) is 0.0194. The van der Waals surface area contributed by atoms with Gasteiger partial charge in [0.05, 0.1) is 133 Å². The average molecular weight is 1920 g/mol. The van der Waals surface area contributed by atoms with Crippen molar-refractivity contribution < 1.29 is 95.6 Å². The van der Waals surface area contributed by atoms with Crippen molar-refractivity contribution in [3.05, 3.63) is 69.2 Å². The first-order chi connectivity index (χ1) is 53.8. The molecule has 25 nitrogen and oxygen atoms in total. The third-order valence-electron chi connectivity index (χ3n) is 24.8. The zero-order valence-corrected chi connectivity index (χ0v) is 74.2. The second kappa shape index (κ2) is 46.9. The first-order valence-corrected chi connectivity index (χ1v) is 46.0. The molecule has 11 heterocycles. The minimum absolute atomic E-state index is 0. The van der Waals surface area contributed by atoms with E-state index in [4.69, 9.17) is 94.4 Å². The van der Waals surface area contributed by atoms with Crippen LogP contribution in [0.25, 0.3) is 24.2 Å². The normalized spacial score (nSPS) is 37.5. The van der Waals surface area contributed by atoms with E-state index in [1.807, 2.05) is 34.6 Å². The summed E-state index contributed by atoms with van der Waals surface area (Å²) in [6.07, 6.45) is 32.3. The van der Waals surface area contributed by atoms with Gasteiger partial charge in [0.1, 0.15) is 34.1 Å². The number of aliphatic hydroxyl groups is 2. The van der Waals surface area contributed by atoms with Gasteiger partial charge in [-0.25, -0.2) is 37.7 Å². The molecular weight excluding hydrogens is 1790 g/mol. The van der Waals surface area contributed by atoms with Crippen LogP contribution in [0.2, 0.25) is 0 Å². The summed E-state index contributed by atoms with van der Waals surface area (Å²) in [7, 11) is 4.11.